The molecule has 0 aromatic carbocycles. The van der Waals surface area contributed by atoms with Crippen LogP contribution in [0.2, 0.25) is 0 Å². The summed E-state index contributed by atoms with van der Waals surface area (Å²) in [7, 11) is 1.87. The third kappa shape index (κ3) is 2.84. The van der Waals surface area contributed by atoms with Gasteiger partial charge < -0.3 is 4.90 Å². The Morgan fingerprint density at radius 1 is 1.38 bits per heavy atom. The van der Waals surface area contributed by atoms with Gasteiger partial charge in [0.05, 0.1) is 12.2 Å². The van der Waals surface area contributed by atoms with E-state index < -0.39 is 0 Å². The molecule has 0 radical (unpaired) electrons. The number of carbonyl (C=O) groups excluding carboxylic acids is 1. The van der Waals surface area contributed by atoms with E-state index in [1.807, 2.05) is 40.5 Å². The standard InChI is InChI=1S/C16H18N6OS/c1-20-9-12(8-18-20)15-19-14(11-24-15)16(23)21-6-2-4-13(10-21)22-7-3-5-17-22/h3,5,7-9,11,13H,2,4,6,10H2,1H3/t13-/m0/s1. The fraction of sp³-hybridized carbons (Fsp3) is 0.375. The molecule has 0 bridgehead atoms. The Morgan fingerprint density at radius 3 is 3.04 bits per heavy atom. The Morgan fingerprint density at radius 2 is 2.29 bits per heavy atom. The highest BCUT2D eigenvalue weighted by Gasteiger charge is 2.27. The lowest BCUT2D eigenvalue weighted by molar-refractivity contribution is 0.0668. The van der Waals surface area contributed by atoms with Crippen LogP contribution >= 0.6 is 11.3 Å². The van der Waals surface area contributed by atoms with Gasteiger partial charge in [-0.25, -0.2) is 4.98 Å². The number of hydrogen-bond acceptors (Lipinski definition) is 5. The molecule has 0 saturated carbocycles. The number of aryl methyl sites for hydroxylation is 1. The highest BCUT2D eigenvalue weighted by molar-refractivity contribution is 7.13. The molecule has 1 aliphatic rings. The van der Waals surface area contributed by atoms with Crippen molar-refractivity contribution >= 4 is 17.2 Å². The molecule has 3 aromatic heterocycles. The largest absolute Gasteiger partial charge is 0.335 e. The zero-order chi connectivity index (χ0) is 16.5. The average molecular weight is 342 g/mol. The van der Waals surface area contributed by atoms with Crippen LogP contribution in [0.4, 0.5) is 0 Å². The lowest BCUT2D eigenvalue weighted by atomic mass is 10.1. The van der Waals surface area contributed by atoms with Gasteiger partial charge in [-0.05, 0) is 18.9 Å². The molecule has 24 heavy (non-hydrogen) atoms. The fourth-order valence-electron chi connectivity index (χ4n) is 3.05. The van der Waals surface area contributed by atoms with Gasteiger partial charge in [0.2, 0.25) is 0 Å². The molecule has 8 heteroatoms. The van der Waals surface area contributed by atoms with Crippen molar-refractivity contribution in [1.82, 2.24) is 29.4 Å². The molecule has 0 aliphatic carbocycles. The zero-order valence-corrected chi connectivity index (χ0v) is 14.2. The van der Waals surface area contributed by atoms with Crippen LogP contribution in [0, 0.1) is 0 Å². The lowest BCUT2D eigenvalue weighted by Gasteiger charge is -2.32. The minimum absolute atomic E-state index is 0.00162. The predicted molar refractivity (Wildman–Crippen MR) is 90.7 cm³/mol. The SMILES string of the molecule is Cn1cc(-c2nc(C(=O)N3CCC[C@H](n4cccn4)C3)cs2)cn1. The molecule has 1 aliphatic heterocycles. The van der Waals surface area contributed by atoms with E-state index in [1.54, 1.807) is 17.1 Å². The van der Waals surface area contributed by atoms with Crippen LogP contribution in [-0.4, -0.2) is 48.4 Å². The minimum atomic E-state index is -0.00162. The number of likely N-dealkylation sites (tertiary alicyclic amines) is 1. The van der Waals surface area contributed by atoms with Crippen LogP contribution in [-0.2, 0) is 7.05 Å². The van der Waals surface area contributed by atoms with Crippen LogP contribution in [0.3, 0.4) is 0 Å². The van der Waals surface area contributed by atoms with Gasteiger partial charge in [0.1, 0.15) is 10.7 Å². The van der Waals surface area contributed by atoms with Gasteiger partial charge in [-0.15, -0.1) is 11.3 Å². The molecule has 124 valence electrons. The van der Waals surface area contributed by atoms with Crippen molar-refractivity contribution in [3.8, 4) is 10.6 Å². The zero-order valence-electron chi connectivity index (χ0n) is 13.4. The first-order valence-electron chi connectivity index (χ1n) is 7.93. The van der Waals surface area contributed by atoms with Crippen molar-refractivity contribution in [1.29, 1.82) is 0 Å². The number of amides is 1. The summed E-state index contributed by atoms with van der Waals surface area (Å²) in [6, 6.07) is 2.16. The number of thiazole rings is 1. The highest BCUT2D eigenvalue weighted by Crippen LogP contribution is 2.26. The van der Waals surface area contributed by atoms with Crippen molar-refractivity contribution < 1.29 is 4.79 Å². The molecule has 1 saturated heterocycles. The van der Waals surface area contributed by atoms with Gasteiger partial charge in [-0.1, -0.05) is 0 Å². The van der Waals surface area contributed by atoms with Crippen molar-refractivity contribution in [2.24, 2.45) is 7.05 Å². The number of nitrogens with zero attached hydrogens (tertiary/aromatic N) is 6. The number of rotatable bonds is 3. The Hall–Kier alpha value is -2.48. The molecule has 7 nitrogen and oxygen atoms in total. The van der Waals surface area contributed by atoms with Crippen LogP contribution in [0.15, 0.2) is 36.2 Å². The number of carbonyl (C=O) groups is 1. The van der Waals surface area contributed by atoms with Crippen molar-refractivity contribution in [2.45, 2.75) is 18.9 Å². The van der Waals surface area contributed by atoms with Crippen molar-refractivity contribution in [3.05, 3.63) is 41.9 Å². The van der Waals surface area contributed by atoms with Crippen molar-refractivity contribution in [3.63, 3.8) is 0 Å². The third-order valence-corrected chi connectivity index (χ3v) is 5.15. The lowest BCUT2D eigenvalue weighted by Crippen LogP contribution is -2.41. The van der Waals surface area contributed by atoms with Gasteiger partial charge in [-0.3, -0.25) is 14.2 Å². The molecule has 4 heterocycles. The summed E-state index contributed by atoms with van der Waals surface area (Å²) in [4.78, 5) is 19.2. The first-order valence-corrected chi connectivity index (χ1v) is 8.81. The number of piperidine rings is 1. The summed E-state index contributed by atoms with van der Waals surface area (Å²) in [6.07, 6.45) is 9.44. The normalized spacial score (nSPS) is 18.0. The summed E-state index contributed by atoms with van der Waals surface area (Å²) >= 11 is 1.48. The average Bonchev–Trinajstić information content (AvgIpc) is 3.35. The van der Waals surface area contributed by atoms with E-state index in [-0.39, 0.29) is 11.9 Å². The van der Waals surface area contributed by atoms with Crippen LogP contribution < -0.4 is 0 Å². The monoisotopic (exact) mass is 342 g/mol. The predicted octanol–water partition coefficient (Wildman–Crippen LogP) is 2.22. The maximum absolute atomic E-state index is 12.8. The van der Waals surface area contributed by atoms with E-state index in [0.29, 0.717) is 12.2 Å². The van der Waals surface area contributed by atoms with Crippen LogP contribution in [0.5, 0.6) is 0 Å². The first-order chi connectivity index (χ1) is 11.7. The van der Waals surface area contributed by atoms with Gasteiger partial charge in [0.25, 0.3) is 5.91 Å². The van der Waals surface area contributed by atoms with E-state index in [4.69, 9.17) is 0 Å². The molecular weight excluding hydrogens is 324 g/mol. The fourth-order valence-corrected chi connectivity index (χ4v) is 3.82. The second kappa shape index (κ2) is 6.20. The van der Waals surface area contributed by atoms with E-state index in [9.17, 15) is 4.79 Å². The van der Waals surface area contributed by atoms with E-state index in [0.717, 1.165) is 30.0 Å². The molecule has 3 aromatic rings. The molecule has 4 rings (SSSR count). The third-order valence-electron chi connectivity index (χ3n) is 4.26. The van der Waals surface area contributed by atoms with Crippen LogP contribution in [0.1, 0.15) is 29.4 Å². The summed E-state index contributed by atoms with van der Waals surface area (Å²) in [5.74, 6) is -0.00162. The maximum atomic E-state index is 12.8. The molecular formula is C16H18N6OS. The molecule has 1 amide bonds. The summed E-state index contributed by atoms with van der Waals surface area (Å²) in [6.45, 7) is 1.45. The van der Waals surface area contributed by atoms with E-state index >= 15 is 0 Å². The summed E-state index contributed by atoms with van der Waals surface area (Å²) < 4.78 is 3.68. The van der Waals surface area contributed by atoms with Gasteiger partial charge in [0.15, 0.2) is 0 Å². The number of hydrogen-bond donors (Lipinski definition) is 0. The summed E-state index contributed by atoms with van der Waals surface area (Å²) in [5.41, 5.74) is 1.45. The molecule has 0 N–H and O–H groups in total. The minimum Gasteiger partial charge on any atom is -0.335 e. The second-order valence-corrected chi connectivity index (χ2v) is 6.83. The summed E-state index contributed by atoms with van der Waals surface area (Å²) in [5, 5.41) is 11.1. The second-order valence-electron chi connectivity index (χ2n) is 5.97. The Labute approximate surface area is 143 Å². The molecule has 1 fully saturated rings. The smallest absolute Gasteiger partial charge is 0.273 e. The Balaban J connectivity index is 1.50. The van der Waals surface area contributed by atoms with Gasteiger partial charge >= 0.3 is 0 Å². The molecule has 0 unspecified atom stereocenters. The van der Waals surface area contributed by atoms with E-state index in [1.165, 1.54) is 11.3 Å². The number of aromatic nitrogens is 5. The van der Waals surface area contributed by atoms with Gasteiger partial charge in [-0.2, -0.15) is 10.2 Å². The highest BCUT2D eigenvalue weighted by atomic mass is 32.1. The van der Waals surface area contributed by atoms with Crippen molar-refractivity contribution in [2.75, 3.05) is 13.1 Å². The molecule has 0 spiro atoms. The van der Waals surface area contributed by atoms with Gasteiger partial charge in [0, 0.05) is 49.7 Å². The quantitative estimate of drug-likeness (QED) is 0.732. The maximum Gasteiger partial charge on any atom is 0.273 e. The Bertz CT molecular complexity index is 837. The topological polar surface area (TPSA) is 68.8 Å². The van der Waals surface area contributed by atoms with Crippen LogP contribution in [0.25, 0.3) is 10.6 Å². The molecule has 1 atom stereocenters. The van der Waals surface area contributed by atoms with E-state index in [2.05, 4.69) is 15.2 Å². The Kier molecular flexibility index (Phi) is 3.89. The first kappa shape index (κ1) is 15.1.